The lowest BCUT2D eigenvalue weighted by Gasteiger charge is -2.38. The average Bonchev–Trinajstić information content (AvgIpc) is 2.31. The van der Waals surface area contributed by atoms with Gasteiger partial charge in [0.25, 0.3) is 0 Å². The molecule has 1 aliphatic carbocycles. The van der Waals surface area contributed by atoms with Gasteiger partial charge in [-0.25, -0.2) is 0 Å². The highest BCUT2D eigenvalue weighted by molar-refractivity contribution is 4.83. The minimum absolute atomic E-state index is 0.547. The van der Waals surface area contributed by atoms with E-state index >= 15 is 0 Å². The maximum atomic E-state index is 5.99. The maximum absolute atomic E-state index is 5.99. The number of nitrogens with one attached hydrogen (secondary N) is 1. The molecule has 0 radical (unpaired) electrons. The second kappa shape index (κ2) is 6.02. The van der Waals surface area contributed by atoms with Crippen LogP contribution in [0.15, 0.2) is 0 Å². The Balaban J connectivity index is 1.80. The molecular weight excluding hydrogens is 198 g/mol. The molecule has 0 spiro atoms. The Bertz CT molecular complexity index is 197. The van der Waals surface area contributed by atoms with Crippen LogP contribution in [0, 0.1) is 11.8 Å². The highest BCUT2D eigenvalue weighted by atomic mass is 16.5. The fourth-order valence-corrected chi connectivity index (χ4v) is 3.29. The summed E-state index contributed by atoms with van der Waals surface area (Å²) in [7, 11) is 0. The first-order chi connectivity index (χ1) is 7.79. The summed E-state index contributed by atoms with van der Waals surface area (Å²) in [6, 6.07) is 0.711. The molecule has 1 N–H and O–H groups in total. The summed E-state index contributed by atoms with van der Waals surface area (Å²) in [5, 5.41) is 3.58. The van der Waals surface area contributed by atoms with Crippen LogP contribution in [0.1, 0.15) is 52.4 Å². The highest BCUT2D eigenvalue weighted by Gasteiger charge is 2.31. The third-order valence-corrected chi connectivity index (χ3v) is 4.39. The van der Waals surface area contributed by atoms with Gasteiger partial charge in [-0.1, -0.05) is 26.7 Å². The van der Waals surface area contributed by atoms with Gasteiger partial charge in [-0.2, -0.15) is 0 Å². The van der Waals surface area contributed by atoms with Crippen molar-refractivity contribution in [3.8, 4) is 0 Å². The van der Waals surface area contributed by atoms with Gasteiger partial charge >= 0.3 is 0 Å². The van der Waals surface area contributed by atoms with Gasteiger partial charge in [0.15, 0.2) is 0 Å². The van der Waals surface area contributed by atoms with Crippen molar-refractivity contribution in [1.82, 2.24) is 5.32 Å². The summed E-state index contributed by atoms with van der Waals surface area (Å²) >= 11 is 0. The van der Waals surface area contributed by atoms with Crippen molar-refractivity contribution in [3.63, 3.8) is 0 Å². The summed E-state index contributed by atoms with van der Waals surface area (Å²) in [6.07, 6.45) is 8.60. The fourth-order valence-electron chi connectivity index (χ4n) is 3.29. The number of hydrogen-bond donors (Lipinski definition) is 1. The number of ether oxygens (including phenoxy) is 1. The van der Waals surface area contributed by atoms with Crippen LogP contribution in [0.25, 0.3) is 0 Å². The Morgan fingerprint density at radius 1 is 1.12 bits per heavy atom. The van der Waals surface area contributed by atoms with Crippen molar-refractivity contribution in [3.05, 3.63) is 0 Å². The highest BCUT2D eigenvalue weighted by Crippen LogP contribution is 2.34. The second-order valence-electron chi connectivity index (χ2n) is 5.71. The standard InChI is InChI=1S/C14H27NO/c1-3-15-13-8-9-16-14(10-13)12-6-4-11(2)5-7-12/h11-15H,3-10H2,1-2H3. The van der Waals surface area contributed by atoms with E-state index in [2.05, 4.69) is 19.2 Å². The van der Waals surface area contributed by atoms with E-state index in [-0.39, 0.29) is 0 Å². The lowest BCUT2D eigenvalue weighted by atomic mass is 9.78. The molecule has 0 aromatic rings. The van der Waals surface area contributed by atoms with Crippen LogP contribution in [0.3, 0.4) is 0 Å². The van der Waals surface area contributed by atoms with Crippen molar-refractivity contribution < 1.29 is 4.74 Å². The molecule has 94 valence electrons. The Morgan fingerprint density at radius 2 is 1.88 bits per heavy atom. The molecule has 1 aliphatic heterocycles. The van der Waals surface area contributed by atoms with E-state index in [1.54, 1.807) is 0 Å². The Hall–Kier alpha value is -0.0800. The lowest BCUT2D eigenvalue weighted by Crippen LogP contribution is -2.42. The molecule has 0 aromatic carbocycles. The maximum Gasteiger partial charge on any atom is 0.0618 e. The SMILES string of the molecule is CCNC1CCOC(C2CCC(C)CC2)C1. The minimum Gasteiger partial charge on any atom is -0.378 e. The molecule has 2 unspecified atom stereocenters. The normalized spacial score (nSPS) is 40.9. The number of rotatable bonds is 3. The second-order valence-corrected chi connectivity index (χ2v) is 5.71. The molecule has 0 amide bonds. The average molecular weight is 225 g/mol. The largest absolute Gasteiger partial charge is 0.378 e. The topological polar surface area (TPSA) is 21.3 Å². The summed E-state index contributed by atoms with van der Waals surface area (Å²) in [5.74, 6) is 1.79. The van der Waals surface area contributed by atoms with Crippen LogP contribution in [0.2, 0.25) is 0 Å². The number of hydrogen-bond acceptors (Lipinski definition) is 2. The molecule has 1 saturated carbocycles. The summed E-state index contributed by atoms with van der Waals surface area (Å²) in [6.45, 7) is 6.65. The zero-order chi connectivity index (χ0) is 11.4. The van der Waals surface area contributed by atoms with Crippen LogP contribution < -0.4 is 5.32 Å². The Labute approximate surface area is 100 Å². The molecule has 2 rings (SSSR count). The van der Waals surface area contributed by atoms with E-state index in [0.717, 1.165) is 25.0 Å². The van der Waals surface area contributed by atoms with Gasteiger partial charge < -0.3 is 10.1 Å². The Kier molecular flexibility index (Phi) is 4.66. The molecule has 16 heavy (non-hydrogen) atoms. The fraction of sp³-hybridized carbons (Fsp3) is 1.00. The molecule has 1 heterocycles. The van der Waals surface area contributed by atoms with Crippen molar-refractivity contribution in [2.75, 3.05) is 13.2 Å². The van der Waals surface area contributed by atoms with E-state index < -0.39 is 0 Å². The van der Waals surface area contributed by atoms with Crippen LogP contribution in [0.4, 0.5) is 0 Å². The van der Waals surface area contributed by atoms with Gasteiger partial charge in [0.05, 0.1) is 6.10 Å². The van der Waals surface area contributed by atoms with Crippen LogP contribution >= 0.6 is 0 Å². The third-order valence-electron chi connectivity index (χ3n) is 4.39. The first-order valence-corrected chi connectivity index (χ1v) is 7.14. The van der Waals surface area contributed by atoms with Crippen molar-refractivity contribution in [1.29, 1.82) is 0 Å². The van der Waals surface area contributed by atoms with Crippen molar-refractivity contribution in [2.24, 2.45) is 11.8 Å². The van der Waals surface area contributed by atoms with Crippen LogP contribution in [0.5, 0.6) is 0 Å². The van der Waals surface area contributed by atoms with Gasteiger partial charge in [-0.3, -0.25) is 0 Å². The Morgan fingerprint density at radius 3 is 2.56 bits per heavy atom. The van der Waals surface area contributed by atoms with Gasteiger partial charge in [0.1, 0.15) is 0 Å². The predicted molar refractivity (Wildman–Crippen MR) is 67.6 cm³/mol. The van der Waals surface area contributed by atoms with Crippen LogP contribution in [-0.4, -0.2) is 25.3 Å². The molecule has 2 nitrogen and oxygen atoms in total. The predicted octanol–water partition coefficient (Wildman–Crippen LogP) is 2.97. The van der Waals surface area contributed by atoms with E-state index in [1.807, 2.05) is 0 Å². The quantitative estimate of drug-likeness (QED) is 0.797. The van der Waals surface area contributed by atoms with Crippen molar-refractivity contribution >= 4 is 0 Å². The lowest BCUT2D eigenvalue weighted by molar-refractivity contribution is -0.0442. The molecule has 0 aromatic heterocycles. The molecule has 0 bridgehead atoms. The molecule has 2 atom stereocenters. The zero-order valence-electron chi connectivity index (χ0n) is 10.9. The minimum atomic E-state index is 0.547. The van der Waals surface area contributed by atoms with Crippen LogP contribution in [-0.2, 0) is 4.74 Å². The van der Waals surface area contributed by atoms with Gasteiger partial charge in [0, 0.05) is 12.6 Å². The smallest absolute Gasteiger partial charge is 0.0618 e. The van der Waals surface area contributed by atoms with E-state index in [0.29, 0.717) is 12.1 Å². The van der Waals surface area contributed by atoms with Gasteiger partial charge in [-0.05, 0) is 44.1 Å². The first-order valence-electron chi connectivity index (χ1n) is 7.14. The first kappa shape index (κ1) is 12.4. The molecule has 2 aliphatic rings. The molecule has 2 fully saturated rings. The van der Waals surface area contributed by atoms with E-state index in [9.17, 15) is 0 Å². The van der Waals surface area contributed by atoms with E-state index in [4.69, 9.17) is 4.74 Å². The van der Waals surface area contributed by atoms with E-state index in [1.165, 1.54) is 38.5 Å². The monoisotopic (exact) mass is 225 g/mol. The molecule has 1 saturated heterocycles. The van der Waals surface area contributed by atoms with Gasteiger partial charge in [-0.15, -0.1) is 0 Å². The van der Waals surface area contributed by atoms with Gasteiger partial charge in [0.2, 0.25) is 0 Å². The summed E-state index contributed by atoms with van der Waals surface area (Å²) in [4.78, 5) is 0. The zero-order valence-corrected chi connectivity index (χ0v) is 10.9. The molecular formula is C14H27NO. The summed E-state index contributed by atoms with van der Waals surface area (Å²) in [5.41, 5.74) is 0. The van der Waals surface area contributed by atoms with Crippen molar-refractivity contribution in [2.45, 2.75) is 64.5 Å². The summed E-state index contributed by atoms with van der Waals surface area (Å²) < 4.78 is 5.99. The molecule has 2 heteroatoms. The third kappa shape index (κ3) is 3.21.